The van der Waals surface area contributed by atoms with Crippen LogP contribution in [0.5, 0.6) is 0 Å². The molecule has 4 aromatic rings. The number of nitriles is 2. The van der Waals surface area contributed by atoms with Gasteiger partial charge in [0.15, 0.2) is 5.60 Å². The van der Waals surface area contributed by atoms with E-state index in [1.807, 2.05) is 201 Å². The topological polar surface area (TPSA) is 287 Å². The first-order chi connectivity index (χ1) is 66.2. The third kappa shape index (κ3) is 26.3. The van der Waals surface area contributed by atoms with Crippen LogP contribution in [0.2, 0.25) is 0 Å². The Balaban J connectivity index is 0.000000149. The summed E-state index contributed by atoms with van der Waals surface area (Å²) < 4.78 is 102. The number of ether oxygens (including phenoxy) is 2. The van der Waals surface area contributed by atoms with Gasteiger partial charge in [0.05, 0.1) is 48.1 Å². The molecule has 34 heteroatoms. The lowest BCUT2D eigenvalue weighted by molar-refractivity contribution is -0.297. The number of hydrogen-bond acceptors (Lipinski definition) is 19. The molecule has 14 atom stereocenters. The predicted molar refractivity (Wildman–Crippen MR) is 535 cm³/mol. The molecule has 8 amide bonds. The lowest BCUT2D eigenvalue weighted by Gasteiger charge is -2.46. The number of carbonyl (C=O) groups excluding carboxylic acids is 8. The number of nitrogens with zero attached hydrogens (tertiary/aromatic N) is 16. The number of piperazine rings is 5. The lowest BCUT2D eigenvalue weighted by atomic mass is 9.78. The molecule has 0 radical (unpaired) electrons. The minimum atomic E-state index is -4.62. The van der Waals surface area contributed by atoms with Crippen molar-refractivity contribution in [3.8, 4) is 12.1 Å². The zero-order chi connectivity index (χ0) is 106. The third-order valence-corrected chi connectivity index (χ3v) is 30.0. The highest BCUT2D eigenvalue weighted by molar-refractivity contribution is 5.87. The van der Waals surface area contributed by atoms with Gasteiger partial charge in [-0.2, -0.15) is 36.9 Å². The molecule has 0 spiro atoms. The van der Waals surface area contributed by atoms with Crippen molar-refractivity contribution >= 4 is 70.5 Å². The van der Waals surface area contributed by atoms with Gasteiger partial charge in [0.25, 0.3) is 0 Å². The smallest absolute Gasteiger partial charge is 0.417 e. The van der Waals surface area contributed by atoms with Crippen molar-refractivity contribution in [1.29, 1.82) is 10.5 Å². The van der Waals surface area contributed by atoms with Gasteiger partial charge in [-0.05, 0) is 165 Å². The van der Waals surface area contributed by atoms with Gasteiger partial charge in [-0.3, -0.25) is 33.6 Å². The molecule has 18 rings (SSSR count). The molecule has 14 unspecified atom stereocenters. The SMILES string of the molecule is CC(C)(C)C(=O)N1C2CCC1CN(c1ccc(C#N)cc1)C2.CC(C)(C)C(=O)N1C2CCC1CN(c1ccc(C#N)cn1)C2.CC(C)(C)C(=O)N1C2CCC1CN(c1ccc(C(F)(F)F)cn1)C2.CC(C)(C)C(=O)N1C2CCC1CN(c1cccc(F)c1)C2.CC(C)(C)C(=O)N1CC2CCC(C1)C2(O)C(F)(F)F.CC(C)(C)C(=O)N1CC2COCC(C2)C1.CC(C)(C)OC(=O)N1CC2CC1CN2C(=O)C(C)(C)C. The number of halogens is 7. The normalized spacial score (nSPS) is 27.0. The number of aliphatic hydroxyl groups is 1. The molecule has 15 heterocycles. The van der Waals surface area contributed by atoms with Crippen LogP contribution >= 0.6 is 0 Å². The molecule has 2 aromatic heterocycles. The van der Waals surface area contributed by atoms with Crippen molar-refractivity contribution < 1.29 is 83.7 Å². The summed E-state index contributed by atoms with van der Waals surface area (Å²) in [5, 5.41) is 27.8. The van der Waals surface area contributed by atoms with E-state index in [1.165, 1.54) is 23.5 Å². The van der Waals surface area contributed by atoms with Gasteiger partial charge in [-0.15, -0.1) is 0 Å². The second kappa shape index (κ2) is 42.8. The van der Waals surface area contributed by atoms with Crippen LogP contribution in [-0.4, -0.2) is 284 Å². The molecular formula is C109H157F7N16O11. The van der Waals surface area contributed by atoms with E-state index in [9.17, 15) is 74.2 Å². The van der Waals surface area contributed by atoms with E-state index < -0.39 is 51.8 Å². The second-order valence-corrected chi connectivity index (χ2v) is 50.2. The molecular weight excluding hydrogens is 1840 g/mol. The Morgan fingerprint density at radius 1 is 0.378 bits per heavy atom. The molecule has 1 N–H and O–H groups in total. The van der Waals surface area contributed by atoms with Crippen molar-refractivity contribution in [2.75, 3.05) is 124 Å². The quantitative estimate of drug-likeness (QED) is 0.186. The molecule has 13 saturated heterocycles. The van der Waals surface area contributed by atoms with Gasteiger partial charge >= 0.3 is 18.4 Å². The number of pyridine rings is 2. The molecule has 2 aromatic carbocycles. The van der Waals surface area contributed by atoms with Crippen molar-refractivity contribution in [3.05, 3.63) is 108 Å². The molecule has 1 saturated carbocycles. The molecule has 14 bridgehead atoms. The van der Waals surface area contributed by atoms with Gasteiger partial charge < -0.3 is 73.4 Å². The van der Waals surface area contributed by atoms with E-state index >= 15 is 0 Å². The van der Waals surface area contributed by atoms with Gasteiger partial charge in [-0.25, -0.2) is 19.2 Å². The third-order valence-electron chi connectivity index (χ3n) is 30.0. The standard InChI is InChI=1S/C18H23N3O.C17H22F3N3O.C17H23FN2O.C17H22N4O.C15H26N2O3.C13H20F3NO2.C12H21NO2/c1-18(2,3)17(22)21-15-8-9-16(21)12-20(11-15)14-6-4-13(10-19)5-7-14;1-16(2,3)15(24)23-12-5-6-13(23)10-22(9-12)14-7-4-11(8-21-14)17(18,19)20;1-17(2,3)16(21)20-14-7-8-15(20)11-19(10-14)13-6-4-5-12(18)9-13;1-17(2,3)16(22)21-13-5-6-14(21)11-20(10-13)15-7-4-12(8-18)9-19-15;1-14(2,3)12(18)16-8-11-7-10(16)9-17(11)13(19)20-15(4,5)6;1-11(2,3)10(18)17-6-8-4-5-9(7-17)12(8,19)13(14,15)16;1-12(2,3)11(14)13-5-9-4-10(6-13)8-15-7-9/h4-7,15-16H,8-9,11-12H2,1-3H3;4,7-8,12-13H,5-6,9-10H2,1-3H3;4-6,9,14-15H,7-8,10-11H2,1-3H3;4,7,9,13-14H,5-6,10-11H2,1-3H3;10-11H,7-9H2,1-6H3;8-9,19H,4-7H2,1-3H3;9-10H,4-8H2,1-3H3. The van der Waals surface area contributed by atoms with Crippen LogP contribution in [0.4, 0.5) is 58.5 Å². The fourth-order valence-corrected chi connectivity index (χ4v) is 22.9. The van der Waals surface area contributed by atoms with Crippen LogP contribution in [-0.2, 0) is 49.2 Å². The number of rotatable bonds is 4. The Labute approximate surface area is 842 Å². The van der Waals surface area contributed by atoms with Crippen LogP contribution in [0, 0.1) is 90.1 Å². The van der Waals surface area contributed by atoms with Crippen molar-refractivity contribution in [2.45, 2.75) is 327 Å². The van der Waals surface area contributed by atoms with E-state index in [2.05, 4.69) is 51.5 Å². The predicted octanol–water partition coefficient (Wildman–Crippen LogP) is 17.3. The van der Waals surface area contributed by atoms with Crippen LogP contribution < -0.4 is 19.6 Å². The Morgan fingerprint density at radius 3 is 1.03 bits per heavy atom. The Hall–Kier alpha value is -10.1. The number of alkyl halides is 6. The summed E-state index contributed by atoms with van der Waals surface area (Å²) in [6, 6.07) is 27.2. The Kier molecular flexibility index (Phi) is 33.4. The van der Waals surface area contributed by atoms with E-state index in [-0.39, 0.29) is 136 Å². The van der Waals surface area contributed by atoms with Crippen LogP contribution in [0.25, 0.3) is 0 Å². The highest BCUT2D eigenvalue weighted by atomic mass is 19.4. The second-order valence-electron chi connectivity index (χ2n) is 50.2. The summed E-state index contributed by atoms with van der Waals surface area (Å²) in [6.45, 7) is 57.3. The summed E-state index contributed by atoms with van der Waals surface area (Å²) in [6.07, 6.45) is 4.33. The summed E-state index contributed by atoms with van der Waals surface area (Å²) in [5.41, 5.74) is -3.07. The van der Waals surface area contributed by atoms with E-state index in [0.717, 1.165) is 153 Å². The zero-order valence-electron chi connectivity index (χ0n) is 88.8. The van der Waals surface area contributed by atoms with Gasteiger partial charge in [0, 0.05) is 225 Å². The molecule has 1 aliphatic carbocycles. The molecule has 14 fully saturated rings. The molecule has 27 nitrogen and oxygen atoms in total. The minimum Gasteiger partial charge on any atom is -0.444 e. The Morgan fingerprint density at radius 2 is 0.720 bits per heavy atom. The largest absolute Gasteiger partial charge is 0.444 e. The number of benzene rings is 2. The number of fused-ring (bicyclic) bond motifs is 14. The zero-order valence-corrected chi connectivity index (χ0v) is 88.8. The van der Waals surface area contributed by atoms with E-state index in [1.54, 1.807) is 50.1 Å². The minimum absolute atomic E-state index is 0.00259. The first-order valence-electron chi connectivity index (χ1n) is 51.4. The van der Waals surface area contributed by atoms with E-state index in [0.29, 0.717) is 85.8 Å². The highest BCUT2D eigenvalue weighted by Crippen LogP contribution is 2.54. The van der Waals surface area contributed by atoms with Crippen molar-refractivity contribution in [1.82, 2.24) is 49.2 Å². The molecule has 788 valence electrons. The van der Waals surface area contributed by atoms with Gasteiger partial charge in [-0.1, -0.05) is 151 Å². The van der Waals surface area contributed by atoms with Crippen LogP contribution in [0.15, 0.2) is 85.2 Å². The number of anilines is 4. The summed E-state index contributed by atoms with van der Waals surface area (Å²) in [5.74, 6) is 1.86. The number of hydrogen-bond donors (Lipinski definition) is 1. The van der Waals surface area contributed by atoms with Gasteiger partial charge in [0.2, 0.25) is 41.4 Å². The summed E-state index contributed by atoms with van der Waals surface area (Å²) in [4.78, 5) is 132. The molecule has 13 aliphatic heterocycles. The lowest BCUT2D eigenvalue weighted by Crippen LogP contribution is -2.63. The maximum Gasteiger partial charge on any atom is 0.417 e. The number of carbonyl (C=O) groups is 8. The average molecular weight is 2000 g/mol. The summed E-state index contributed by atoms with van der Waals surface area (Å²) >= 11 is 0. The fraction of sp³-hybridized carbons (Fsp3) is 0.706. The monoisotopic (exact) mass is 2000 g/mol. The first kappa shape index (κ1) is 112. The van der Waals surface area contributed by atoms with Crippen molar-refractivity contribution in [3.63, 3.8) is 0 Å². The Bertz CT molecular complexity index is 5050. The number of amides is 8. The maximum absolute atomic E-state index is 13.4. The first-order valence-corrected chi connectivity index (χ1v) is 51.4. The highest BCUT2D eigenvalue weighted by Gasteiger charge is 2.68. The number of likely N-dealkylation sites (tertiary alicyclic amines) is 4. The number of piperidine rings is 2. The van der Waals surface area contributed by atoms with Crippen LogP contribution in [0.1, 0.15) is 260 Å². The summed E-state index contributed by atoms with van der Waals surface area (Å²) in [7, 11) is 0. The molecule has 143 heavy (non-hydrogen) atoms. The van der Waals surface area contributed by atoms with Gasteiger partial charge in [0.1, 0.15) is 29.1 Å². The van der Waals surface area contributed by atoms with E-state index in [4.69, 9.17) is 20.0 Å². The van der Waals surface area contributed by atoms with Crippen LogP contribution in [0.3, 0.4) is 0 Å². The van der Waals surface area contributed by atoms with Crippen molar-refractivity contribution in [2.24, 2.45) is 61.6 Å². The number of aromatic nitrogens is 2. The maximum atomic E-state index is 13.4. The fourth-order valence-electron chi connectivity index (χ4n) is 22.9. The molecule has 14 aliphatic rings. The average Bonchev–Trinajstić information content (AvgIpc) is 1.54.